The van der Waals surface area contributed by atoms with Crippen molar-refractivity contribution in [3.8, 4) is 5.75 Å². The first-order chi connectivity index (χ1) is 11.7. The number of hydrogen-bond donors (Lipinski definition) is 1. The Balaban J connectivity index is 1.62. The molecule has 1 aromatic carbocycles. The van der Waals surface area contributed by atoms with Crippen LogP contribution in [0.1, 0.15) is 54.3 Å². The Morgan fingerprint density at radius 3 is 2.48 bits per heavy atom. The first-order valence-electron chi connectivity index (χ1n) is 8.38. The zero-order valence-electron chi connectivity index (χ0n) is 14.6. The minimum atomic E-state index is -0.519. The van der Waals surface area contributed by atoms with Gasteiger partial charge in [0.05, 0.1) is 11.1 Å². The largest absolute Gasteiger partial charge is 0.489 e. The second-order valence-electron chi connectivity index (χ2n) is 7.25. The highest BCUT2D eigenvalue weighted by Gasteiger charge is 2.32. The van der Waals surface area contributed by atoms with Crippen molar-refractivity contribution in [2.24, 2.45) is 0 Å². The van der Waals surface area contributed by atoms with Crippen LogP contribution in [0.2, 0.25) is 0 Å². The van der Waals surface area contributed by atoms with Gasteiger partial charge in [0.2, 0.25) is 0 Å². The molecule has 0 unspecified atom stereocenters. The van der Waals surface area contributed by atoms with Crippen LogP contribution in [0.15, 0.2) is 18.2 Å². The molecule has 3 rings (SSSR count). The molecule has 0 atom stereocenters. The number of piperidine rings is 1. The summed E-state index contributed by atoms with van der Waals surface area (Å²) in [6.07, 6.45) is 0.835. The number of benzene rings is 1. The molecule has 0 radical (unpaired) electrons. The lowest BCUT2D eigenvalue weighted by molar-refractivity contribution is 0.0126. The van der Waals surface area contributed by atoms with Gasteiger partial charge in [-0.3, -0.25) is 14.9 Å². The molecule has 2 heterocycles. The number of nitrogens with one attached hydrogen (secondary N) is 1. The third kappa shape index (κ3) is 3.75. The summed E-state index contributed by atoms with van der Waals surface area (Å²) in [6, 6.07) is 4.99. The number of rotatable bonds is 2. The van der Waals surface area contributed by atoms with Gasteiger partial charge in [-0.2, -0.15) is 0 Å². The summed E-state index contributed by atoms with van der Waals surface area (Å²) in [5, 5.41) is 2.28. The zero-order valence-corrected chi connectivity index (χ0v) is 14.6. The van der Waals surface area contributed by atoms with Crippen LogP contribution in [0.3, 0.4) is 0 Å². The maximum Gasteiger partial charge on any atom is 0.410 e. The average Bonchev–Trinajstić information content (AvgIpc) is 2.82. The molecule has 0 saturated carbocycles. The van der Waals surface area contributed by atoms with Crippen molar-refractivity contribution in [3.05, 3.63) is 29.3 Å². The van der Waals surface area contributed by atoms with Gasteiger partial charge in [-0.1, -0.05) is 6.07 Å². The first kappa shape index (κ1) is 17.3. The average molecular weight is 346 g/mol. The van der Waals surface area contributed by atoms with E-state index in [1.165, 1.54) is 0 Å². The van der Waals surface area contributed by atoms with E-state index >= 15 is 0 Å². The van der Waals surface area contributed by atoms with Crippen LogP contribution in [0, 0.1) is 0 Å². The van der Waals surface area contributed by atoms with Gasteiger partial charge in [0.1, 0.15) is 17.5 Å². The molecule has 7 nitrogen and oxygen atoms in total. The SMILES string of the molecule is CC(C)(C)OC(=O)N1CCC(Oc2cccc3c2C(=O)NC3=O)CC1. The van der Waals surface area contributed by atoms with Crippen molar-refractivity contribution in [2.45, 2.75) is 45.3 Å². The maximum atomic E-state index is 12.1. The Morgan fingerprint density at radius 2 is 1.84 bits per heavy atom. The van der Waals surface area contributed by atoms with E-state index in [1.54, 1.807) is 23.1 Å². The molecule has 2 aliphatic rings. The number of hydrogen-bond acceptors (Lipinski definition) is 5. The molecule has 0 aliphatic carbocycles. The Hall–Kier alpha value is -2.57. The molecule has 0 aromatic heterocycles. The lowest BCUT2D eigenvalue weighted by Crippen LogP contribution is -2.44. The van der Waals surface area contributed by atoms with Crippen LogP contribution in [0.5, 0.6) is 5.75 Å². The predicted molar refractivity (Wildman–Crippen MR) is 89.7 cm³/mol. The van der Waals surface area contributed by atoms with Gasteiger partial charge in [-0.25, -0.2) is 4.79 Å². The maximum absolute atomic E-state index is 12.1. The molecule has 1 fully saturated rings. The number of fused-ring (bicyclic) bond motifs is 1. The van der Waals surface area contributed by atoms with E-state index in [-0.39, 0.29) is 12.2 Å². The molecule has 134 valence electrons. The van der Waals surface area contributed by atoms with Crippen LogP contribution in [0.25, 0.3) is 0 Å². The molecular formula is C18H22N2O5. The Labute approximate surface area is 146 Å². The number of carbonyl (C=O) groups excluding carboxylic acids is 3. The smallest absolute Gasteiger partial charge is 0.410 e. The summed E-state index contributed by atoms with van der Waals surface area (Å²) in [4.78, 5) is 37.4. The quantitative estimate of drug-likeness (QED) is 0.831. The zero-order chi connectivity index (χ0) is 18.2. The summed E-state index contributed by atoms with van der Waals surface area (Å²) >= 11 is 0. The molecule has 1 aromatic rings. The van der Waals surface area contributed by atoms with E-state index in [0.717, 1.165) is 0 Å². The van der Waals surface area contributed by atoms with Crippen molar-refractivity contribution in [3.63, 3.8) is 0 Å². The van der Waals surface area contributed by atoms with E-state index in [0.29, 0.717) is 42.8 Å². The number of imide groups is 1. The van der Waals surface area contributed by atoms with E-state index < -0.39 is 17.4 Å². The molecule has 1 N–H and O–H groups in total. The van der Waals surface area contributed by atoms with E-state index in [9.17, 15) is 14.4 Å². The van der Waals surface area contributed by atoms with Crippen molar-refractivity contribution >= 4 is 17.9 Å². The first-order valence-corrected chi connectivity index (χ1v) is 8.38. The van der Waals surface area contributed by atoms with Crippen LogP contribution in [0.4, 0.5) is 4.79 Å². The van der Waals surface area contributed by atoms with Gasteiger partial charge < -0.3 is 14.4 Å². The third-order valence-electron chi connectivity index (χ3n) is 4.11. The molecule has 1 saturated heterocycles. The normalized spacial score (nSPS) is 18.0. The fourth-order valence-corrected chi connectivity index (χ4v) is 2.95. The molecule has 0 bridgehead atoms. The van der Waals surface area contributed by atoms with Crippen LogP contribution >= 0.6 is 0 Å². The van der Waals surface area contributed by atoms with E-state index in [2.05, 4.69) is 5.32 Å². The monoisotopic (exact) mass is 346 g/mol. The Kier molecular flexibility index (Phi) is 4.41. The molecule has 2 aliphatic heterocycles. The number of ether oxygens (including phenoxy) is 2. The Morgan fingerprint density at radius 1 is 1.16 bits per heavy atom. The third-order valence-corrected chi connectivity index (χ3v) is 4.11. The van der Waals surface area contributed by atoms with Gasteiger partial charge in [-0.15, -0.1) is 0 Å². The van der Waals surface area contributed by atoms with Gasteiger partial charge in [0.25, 0.3) is 11.8 Å². The van der Waals surface area contributed by atoms with Crippen LogP contribution < -0.4 is 10.1 Å². The van der Waals surface area contributed by atoms with E-state index in [1.807, 2.05) is 20.8 Å². The van der Waals surface area contributed by atoms with Crippen molar-refractivity contribution in [2.75, 3.05) is 13.1 Å². The van der Waals surface area contributed by atoms with Crippen LogP contribution in [-0.2, 0) is 4.74 Å². The van der Waals surface area contributed by atoms with Gasteiger partial charge in [-0.05, 0) is 32.9 Å². The van der Waals surface area contributed by atoms with Gasteiger partial charge in [0.15, 0.2) is 0 Å². The summed E-state index contributed by atoms with van der Waals surface area (Å²) in [5.74, 6) is -0.413. The van der Waals surface area contributed by atoms with Gasteiger partial charge >= 0.3 is 6.09 Å². The molecule has 25 heavy (non-hydrogen) atoms. The standard InChI is InChI=1S/C18H22N2O5/c1-18(2,3)25-17(23)20-9-7-11(8-10-20)24-13-6-4-5-12-14(13)16(22)19-15(12)21/h4-6,11H,7-10H2,1-3H3,(H,19,21,22). The number of nitrogens with zero attached hydrogens (tertiary/aromatic N) is 1. The minimum Gasteiger partial charge on any atom is -0.489 e. The highest BCUT2D eigenvalue weighted by Crippen LogP contribution is 2.29. The Bertz CT molecular complexity index is 715. The lowest BCUT2D eigenvalue weighted by Gasteiger charge is -2.33. The number of likely N-dealkylation sites (tertiary alicyclic amines) is 1. The lowest BCUT2D eigenvalue weighted by atomic mass is 10.1. The molecule has 7 heteroatoms. The second kappa shape index (κ2) is 6.38. The fraction of sp³-hybridized carbons (Fsp3) is 0.500. The fourth-order valence-electron chi connectivity index (χ4n) is 2.95. The second-order valence-corrected chi connectivity index (χ2v) is 7.25. The topological polar surface area (TPSA) is 84.9 Å². The van der Waals surface area contributed by atoms with Gasteiger partial charge in [0, 0.05) is 25.9 Å². The number of carbonyl (C=O) groups is 3. The number of amides is 3. The van der Waals surface area contributed by atoms with Crippen molar-refractivity contribution in [1.29, 1.82) is 0 Å². The highest BCUT2D eigenvalue weighted by atomic mass is 16.6. The molecule has 0 spiro atoms. The van der Waals surface area contributed by atoms with Crippen molar-refractivity contribution < 1.29 is 23.9 Å². The molecular weight excluding hydrogens is 324 g/mol. The predicted octanol–water partition coefficient (Wildman–Crippen LogP) is 2.35. The summed E-state index contributed by atoms with van der Waals surface area (Å²) in [6.45, 7) is 6.56. The van der Waals surface area contributed by atoms with E-state index in [4.69, 9.17) is 9.47 Å². The summed E-state index contributed by atoms with van der Waals surface area (Å²) < 4.78 is 11.3. The highest BCUT2D eigenvalue weighted by molar-refractivity contribution is 6.22. The van der Waals surface area contributed by atoms with Crippen LogP contribution in [-0.4, -0.2) is 47.6 Å². The van der Waals surface area contributed by atoms with Crippen molar-refractivity contribution in [1.82, 2.24) is 10.2 Å². The summed E-state index contributed by atoms with van der Waals surface area (Å²) in [5.41, 5.74) is 0.116. The minimum absolute atomic E-state index is 0.117. The summed E-state index contributed by atoms with van der Waals surface area (Å²) in [7, 11) is 0. The molecule has 3 amide bonds.